The Morgan fingerprint density at radius 1 is 1.03 bits per heavy atom. The van der Waals surface area contributed by atoms with Crippen LogP contribution >= 0.6 is 0 Å². The minimum Gasteiger partial charge on any atom is -0.481 e. The van der Waals surface area contributed by atoms with Crippen LogP contribution in [-0.4, -0.2) is 18.1 Å². The summed E-state index contributed by atoms with van der Waals surface area (Å²) >= 11 is 0. The van der Waals surface area contributed by atoms with E-state index in [1.807, 2.05) is 49.5 Å². The second-order valence-corrected chi connectivity index (χ2v) is 7.43. The summed E-state index contributed by atoms with van der Waals surface area (Å²) in [4.78, 5) is 13.3. The van der Waals surface area contributed by atoms with E-state index >= 15 is 0 Å². The van der Waals surface area contributed by atoms with E-state index in [-0.39, 0.29) is 6.42 Å². The van der Waals surface area contributed by atoms with Gasteiger partial charge in [0, 0.05) is 36.8 Å². The first kappa shape index (κ1) is 19.7. The predicted molar refractivity (Wildman–Crippen MR) is 119 cm³/mol. The molecule has 4 rings (SSSR count). The van der Waals surface area contributed by atoms with E-state index in [2.05, 4.69) is 29.2 Å². The van der Waals surface area contributed by atoms with Crippen molar-refractivity contribution in [3.8, 4) is 11.1 Å². The molecule has 1 aromatic heterocycles. The van der Waals surface area contributed by atoms with Crippen molar-refractivity contribution in [3.63, 3.8) is 0 Å². The third-order valence-corrected chi connectivity index (χ3v) is 5.32. The van der Waals surface area contributed by atoms with Gasteiger partial charge in [-0.15, -0.1) is 0 Å². The van der Waals surface area contributed by atoms with Gasteiger partial charge in [0.2, 0.25) is 0 Å². The van der Waals surface area contributed by atoms with Crippen LogP contribution < -0.4 is 10.6 Å². The van der Waals surface area contributed by atoms with Gasteiger partial charge < -0.3 is 20.2 Å². The monoisotopic (exact) mass is 400 g/mol. The fourth-order valence-corrected chi connectivity index (χ4v) is 3.76. The van der Waals surface area contributed by atoms with Crippen LogP contribution in [0.25, 0.3) is 22.1 Å². The number of furan rings is 1. The number of benzene rings is 3. The number of fused-ring (bicyclic) bond motifs is 1. The van der Waals surface area contributed by atoms with Gasteiger partial charge in [-0.05, 0) is 46.5 Å². The largest absolute Gasteiger partial charge is 0.481 e. The standard InChI is InChI=1S/C25H24N2O3/c1-27(16-21-7-3-2-6-18(21)13-24(28)29)22-12-20-9-10-30-25(20)23(14-22)19-8-4-5-17(11-19)15-26/h2-12,14H,13,15-16,26H2,1H3,(H,28,29). The summed E-state index contributed by atoms with van der Waals surface area (Å²) in [6.45, 7) is 1.09. The molecule has 1 heterocycles. The Labute approximate surface area is 175 Å². The average Bonchev–Trinajstić information content (AvgIpc) is 3.23. The van der Waals surface area contributed by atoms with Crippen LogP contribution in [0.1, 0.15) is 16.7 Å². The summed E-state index contributed by atoms with van der Waals surface area (Å²) in [5.41, 5.74) is 12.7. The van der Waals surface area contributed by atoms with E-state index in [4.69, 9.17) is 10.2 Å². The molecule has 3 N–H and O–H groups in total. The highest BCUT2D eigenvalue weighted by Gasteiger charge is 2.14. The third kappa shape index (κ3) is 4.07. The first-order valence-corrected chi connectivity index (χ1v) is 9.85. The van der Waals surface area contributed by atoms with Crippen molar-refractivity contribution in [2.24, 2.45) is 5.73 Å². The van der Waals surface area contributed by atoms with Crippen molar-refractivity contribution in [1.82, 2.24) is 0 Å². The second kappa shape index (κ2) is 8.43. The van der Waals surface area contributed by atoms with Crippen LogP contribution in [0.4, 0.5) is 5.69 Å². The molecule has 0 fully saturated rings. The van der Waals surface area contributed by atoms with Gasteiger partial charge in [-0.25, -0.2) is 0 Å². The van der Waals surface area contributed by atoms with E-state index in [9.17, 15) is 9.90 Å². The SMILES string of the molecule is CN(Cc1ccccc1CC(=O)O)c1cc(-c2cccc(CN)c2)c2occc2c1. The molecular formula is C25H24N2O3. The van der Waals surface area contributed by atoms with E-state index in [1.165, 1.54) is 0 Å². The molecule has 152 valence electrons. The molecule has 0 saturated heterocycles. The molecule has 5 heteroatoms. The maximum absolute atomic E-state index is 11.2. The fourth-order valence-electron chi connectivity index (χ4n) is 3.76. The number of nitrogens with two attached hydrogens (primary N) is 1. The second-order valence-electron chi connectivity index (χ2n) is 7.43. The summed E-state index contributed by atoms with van der Waals surface area (Å²) in [5.74, 6) is -0.827. The number of carboxylic acid groups (broad SMARTS) is 1. The first-order chi connectivity index (χ1) is 14.5. The minimum atomic E-state index is -0.827. The third-order valence-electron chi connectivity index (χ3n) is 5.32. The molecule has 0 aliphatic heterocycles. The van der Waals surface area contributed by atoms with E-state index < -0.39 is 5.97 Å². The molecule has 4 aromatic rings. The van der Waals surface area contributed by atoms with Crippen LogP contribution in [0.3, 0.4) is 0 Å². The van der Waals surface area contributed by atoms with E-state index in [0.29, 0.717) is 13.1 Å². The number of aliphatic carboxylic acids is 1. The van der Waals surface area contributed by atoms with Crippen molar-refractivity contribution in [2.75, 3.05) is 11.9 Å². The molecular weight excluding hydrogens is 376 g/mol. The van der Waals surface area contributed by atoms with Gasteiger partial charge in [-0.2, -0.15) is 0 Å². The number of nitrogens with zero attached hydrogens (tertiary/aromatic N) is 1. The number of carbonyl (C=O) groups is 1. The fraction of sp³-hybridized carbons (Fsp3) is 0.160. The Morgan fingerprint density at radius 2 is 1.83 bits per heavy atom. The van der Waals surface area contributed by atoms with Gasteiger partial charge in [0.15, 0.2) is 0 Å². The lowest BCUT2D eigenvalue weighted by atomic mass is 9.99. The minimum absolute atomic E-state index is 0.0158. The van der Waals surface area contributed by atoms with Crippen molar-refractivity contribution in [3.05, 3.63) is 89.7 Å². The molecule has 0 spiro atoms. The van der Waals surface area contributed by atoms with Gasteiger partial charge in [0.25, 0.3) is 0 Å². The van der Waals surface area contributed by atoms with Gasteiger partial charge in [0.05, 0.1) is 12.7 Å². The maximum atomic E-state index is 11.2. The van der Waals surface area contributed by atoms with Crippen molar-refractivity contribution in [1.29, 1.82) is 0 Å². The van der Waals surface area contributed by atoms with Crippen LogP contribution in [0.2, 0.25) is 0 Å². The summed E-state index contributed by atoms with van der Waals surface area (Å²) in [5, 5.41) is 10.2. The summed E-state index contributed by atoms with van der Waals surface area (Å²) in [7, 11) is 2.01. The molecule has 0 aliphatic rings. The summed E-state index contributed by atoms with van der Waals surface area (Å²) in [6, 6.07) is 22.0. The van der Waals surface area contributed by atoms with E-state index in [0.717, 1.165) is 44.5 Å². The highest BCUT2D eigenvalue weighted by Crippen LogP contribution is 2.35. The van der Waals surface area contributed by atoms with Crippen molar-refractivity contribution in [2.45, 2.75) is 19.5 Å². The average molecular weight is 400 g/mol. The Kier molecular flexibility index (Phi) is 5.55. The van der Waals surface area contributed by atoms with Gasteiger partial charge >= 0.3 is 5.97 Å². The molecule has 5 nitrogen and oxygen atoms in total. The molecule has 0 unspecified atom stereocenters. The molecule has 0 aliphatic carbocycles. The highest BCUT2D eigenvalue weighted by atomic mass is 16.4. The first-order valence-electron chi connectivity index (χ1n) is 9.85. The lowest BCUT2D eigenvalue weighted by Crippen LogP contribution is -2.18. The molecule has 3 aromatic carbocycles. The van der Waals surface area contributed by atoms with Gasteiger partial charge in [0.1, 0.15) is 5.58 Å². The normalized spacial score (nSPS) is 11.0. The number of rotatable bonds is 7. The smallest absolute Gasteiger partial charge is 0.307 e. The van der Waals surface area contributed by atoms with Crippen LogP contribution in [0.5, 0.6) is 0 Å². The summed E-state index contributed by atoms with van der Waals surface area (Å²) < 4.78 is 5.78. The van der Waals surface area contributed by atoms with Crippen molar-refractivity contribution < 1.29 is 14.3 Å². The van der Waals surface area contributed by atoms with Gasteiger partial charge in [-0.3, -0.25) is 4.79 Å². The zero-order valence-electron chi connectivity index (χ0n) is 16.8. The number of hydrogen-bond donors (Lipinski definition) is 2. The Morgan fingerprint density at radius 3 is 2.60 bits per heavy atom. The number of hydrogen-bond acceptors (Lipinski definition) is 4. The van der Waals surface area contributed by atoms with Gasteiger partial charge in [-0.1, -0.05) is 42.5 Å². The predicted octanol–water partition coefficient (Wildman–Crippen LogP) is 4.82. The quantitative estimate of drug-likeness (QED) is 0.465. The van der Waals surface area contributed by atoms with Crippen LogP contribution in [0.15, 0.2) is 77.4 Å². The molecule has 0 radical (unpaired) electrons. The number of anilines is 1. The lowest BCUT2D eigenvalue weighted by molar-refractivity contribution is -0.136. The molecule has 0 amide bonds. The summed E-state index contributed by atoms with van der Waals surface area (Å²) in [6.07, 6.45) is 1.72. The zero-order valence-corrected chi connectivity index (χ0v) is 16.8. The maximum Gasteiger partial charge on any atom is 0.307 e. The molecule has 0 bridgehead atoms. The van der Waals surface area contributed by atoms with Crippen molar-refractivity contribution >= 4 is 22.6 Å². The molecule has 30 heavy (non-hydrogen) atoms. The van der Waals surface area contributed by atoms with E-state index in [1.54, 1.807) is 6.26 Å². The molecule has 0 atom stereocenters. The topological polar surface area (TPSA) is 79.7 Å². The Bertz CT molecular complexity index is 1200. The molecule has 0 saturated carbocycles. The number of carboxylic acids is 1. The van der Waals surface area contributed by atoms with Crippen LogP contribution in [0, 0.1) is 0 Å². The zero-order chi connectivity index (χ0) is 21.1. The highest BCUT2D eigenvalue weighted by molar-refractivity contribution is 5.95. The lowest BCUT2D eigenvalue weighted by Gasteiger charge is -2.22. The Hall–Kier alpha value is -3.57. The van der Waals surface area contributed by atoms with Crippen LogP contribution in [-0.2, 0) is 24.3 Å². The Balaban J connectivity index is 1.72.